The van der Waals surface area contributed by atoms with Crippen molar-refractivity contribution in [3.05, 3.63) is 28.1 Å². The maximum absolute atomic E-state index is 12.9. The molecular formula is C12H15BrN4O2S2. The molecule has 0 radical (unpaired) electrons. The molecule has 0 bridgehead atoms. The molecule has 0 spiro atoms. The molecule has 1 aliphatic heterocycles. The van der Waals surface area contributed by atoms with Gasteiger partial charge in [0, 0.05) is 13.6 Å². The molecule has 3 heterocycles. The van der Waals surface area contributed by atoms with Crippen LogP contribution in [-0.4, -0.2) is 34.0 Å². The third-order valence-electron chi connectivity index (χ3n) is 3.61. The second-order valence-corrected chi connectivity index (χ2v) is 9.57. The highest BCUT2D eigenvalue weighted by Gasteiger charge is 2.37. The van der Waals surface area contributed by atoms with E-state index in [0.29, 0.717) is 16.6 Å². The number of hydrogen-bond acceptors (Lipinski definition) is 5. The Morgan fingerprint density at radius 1 is 1.38 bits per heavy atom. The smallest absolute Gasteiger partial charge is 0.253 e. The average molecular weight is 391 g/mol. The van der Waals surface area contributed by atoms with Gasteiger partial charge < -0.3 is 4.57 Å². The lowest BCUT2D eigenvalue weighted by Gasteiger charge is -2.33. The number of aryl methyl sites for hydroxylation is 1. The minimum Gasteiger partial charge on any atom is -0.319 e. The molecule has 1 aliphatic rings. The van der Waals surface area contributed by atoms with Crippen LogP contribution in [0.2, 0.25) is 0 Å². The van der Waals surface area contributed by atoms with Crippen molar-refractivity contribution in [3.8, 4) is 0 Å². The van der Waals surface area contributed by atoms with Crippen molar-refractivity contribution in [1.82, 2.24) is 19.1 Å². The van der Waals surface area contributed by atoms with Gasteiger partial charge in [-0.25, -0.2) is 8.42 Å². The van der Waals surface area contributed by atoms with E-state index in [9.17, 15) is 8.42 Å². The number of nitrogens with zero attached hydrogens (tertiary/aromatic N) is 4. The van der Waals surface area contributed by atoms with Crippen molar-refractivity contribution >= 4 is 37.3 Å². The summed E-state index contributed by atoms with van der Waals surface area (Å²) in [7, 11) is -1.65. The molecule has 6 nitrogen and oxygen atoms in total. The van der Waals surface area contributed by atoms with Crippen LogP contribution in [0, 0.1) is 0 Å². The largest absolute Gasteiger partial charge is 0.319 e. The first-order chi connectivity index (χ1) is 10.00. The molecule has 1 atom stereocenters. The Balaban J connectivity index is 2.00. The highest BCUT2D eigenvalue weighted by molar-refractivity contribution is 9.11. The quantitative estimate of drug-likeness (QED) is 0.807. The molecule has 3 rings (SSSR count). The van der Waals surface area contributed by atoms with E-state index in [1.54, 1.807) is 27.3 Å². The molecule has 21 heavy (non-hydrogen) atoms. The highest BCUT2D eigenvalue weighted by Crippen LogP contribution is 2.37. The summed E-state index contributed by atoms with van der Waals surface area (Å²) in [5.74, 6) is 0.703. The first kappa shape index (κ1) is 15.1. The molecule has 9 heteroatoms. The fourth-order valence-corrected chi connectivity index (χ4v) is 6.39. The van der Waals surface area contributed by atoms with Crippen LogP contribution >= 0.6 is 27.3 Å². The Kier molecular flexibility index (Phi) is 4.17. The van der Waals surface area contributed by atoms with Gasteiger partial charge in [0.1, 0.15) is 10.5 Å². The van der Waals surface area contributed by atoms with Crippen LogP contribution in [0.4, 0.5) is 0 Å². The molecular weight excluding hydrogens is 376 g/mol. The molecule has 0 aromatic carbocycles. The lowest BCUT2D eigenvalue weighted by atomic mass is 10.0. The van der Waals surface area contributed by atoms with Crippen molar-refractivity contribution < 1.29 is 8.42 Å². The highest BCUT2D eigenvalue weighted by atomic mass is 79.9. The van der Waals surface area contributed by atoms with Crippen molar-refractivity contribution in [2.45, 2.75) is 29.5 Å². The third kappa shape index (κ3) is 2.79. The average Bonchev–Trinajstić information content (AvgIpc) is 3.08. The Labute approximate surface area is 136 Å². The van der Waals surface area contributed by atoms with Crippen molar-refractivity contribution in [3.63, 3.8) is 0 Å². The minimum absolute atomic E-state index is 0.239. The summed E-state index contributed by atoms with van der Waals surface area (Å²) in [5.41, 5.74) is 0. The van der Waals surface area contributed by atoms with Crippen molar-refractivity contribution in [2.24, 2.45) is 7.05 Å². The molecule has 1 saturated heterocycles. The molecule has 0 saturated carbocycles. The zero-order chi connectivity index (χ0) is 15.0. The lowest BCUT2D eigenvalue weighted by Crippen LogP contribution is -2.39. The van der Waals surface area contributed by atoms with Crippen LogP contribution in [0.5, 0.6) is 0 Å². The summed E-state index contributed by atoms with van der Waals surface area (Å²) in [4.78, 5) is 0. The second kappa shape index (κ2) is 5.79. The summed E-state index contributed by atoms with van der Waals surface area (Å²) in [5, 5.41) is 7.98. The van der Waals surface area contributed by atoms with E-state index in [4.69, 9.17) is 0 Å². The first-order valence-electron chi connectivity index (χ1n) is 6.61. The summed E-state index contributed by atoms with van der Waals surface area (Å²) in [6.45, 7) is 0.523. The zero-order valence-electron chi connectivity index (χ0n) is 11.4. The van der Waals surface area contributed by atoms with Gasteiger partial charge in [-0.2, -0.15) is 4.31 Å². The van der Waals surface area contributed by atoms with Gasteiger partial charge in [-0.3, -0.25) is 0 Å². The third-order valence-corrected chi connectivity index (χ3v) is 7.61. The minimum atomic E-state index is -3.49. The van der Waals surface area contributed by atoms with Crippen LogP contribution in [-0.2, 0) is 17.1 Å². The van der Waals surface area contributed by atoms with Gasteiger partial charge in [0.2, 0.25) is 0 Å². The topological polar surface area (TPSA) is 68.1 Å². The molecule has 2 aromatic heterocycles. The van der Waals surface area contributed by atoms with E-state index in [0.717, 1.165) is 23.0 Å². The number of sulfonamides is 1. The van der Waals surface area contributed by atoms with E-state index in [-0.39, 0.29) is 6.04 Å². The maximum atomic E-state index is 12.9. The van der Waals surface area contributed by atoms with E-state index < -0.39 is 10.0 Å². The van der Waals surface area contributed by atoms with Gasteiger partial charge in [-0.05, 0) is 40.9 Å². The first-order valence-corrected chi connectivity index (χ1v) is 9.66. The van der Waals surface area contributed by atoms with Crippen LogP contribution in [0.15, 0.2) is 26.5 Å². The fourth-order valence-electron chi connectivity index (χ4n) is 2.60. The summed E-state index contributed by atoms with van der Waals surface area (Å²) in [6.07, 6.45) is 4.26. The summed E-state index contributed by atoms with van der Waals surface area (Å²) >= 11 is 4.56. The van der Waals surface area contributed by atoms with Crippen LogP contribution < -0.4 is 0 Å². The Hall–Kier alpha value is -0.770. The molecule has 1 unspecified atom stereocenters. The van der Waals surface area contributed by atoms with E-state index in [1.807, 2.05) is 7.05 Å². The number of hydrogen-bond donors (Lipinski definition) is 0. The predicted octanol–water partition coefficient (Wildman–Crippen LogP) is 2.56. The Morgan fingerprint density at radius 2 is 2.19 bits per heavy atom. The van der Waals surface area contributed by atoms with E-state index >= 15 is 0 Å². The predicted molar refractivity (Wildman–Crippen MR) is 83.5 cm³/mol. The maximum Gasteiger partial charge on any atom is 0.253 e. The van der Waals surface area contributed by atoms with Gasteiger partial charge >= 0.3 is 0 Å². The van der Waals surface area contributed by atoms with E-state index in [2.05, 4.69) is 26.1 Å². The number of rotatable bonds is 3. The van der Waals surface area contributed by atoms with Crippen molar-refractivity contribution in [1.29, 1.82) is 0 Å². The molecule has 0 N–H and O–H groups in total. The molecule has 114 valence electrons. The molecule has 1 fully saturated rings. The molecule has 0 aliphatic carbocycles. The summed E-state index contributed by atoms with van der Waals surface area (Å²) < 4.78 is 30.3. The molecule has 2 aromatic rings. The van der Waals surface area contributed by atoms with Crippen LogP contribution in [0.25, 0.3) is 0 Å². The number of piperidine rings is 1. The van der Waals surface area contributed by atoms with Gasteiger partial charge in [0.25, 0.3) is 10.0 Å². The Bertz CT molecular complexity index is 740. The summed E-state index contributed by atoms with van der Waals surface area (Å²) in [6, 6.07) is 3.17. The fraction of sp³-hybridized carbons (Fsp3) is 0.500. The van der Waals surface area contributed by atoms with Crippen LogP contribution in [0.3, 0.4) is 0 Å². The monoisotopic (exact) mass is 390 g/mol. The normalized spacial score (nSPS) is 20.8. The van der Waals surface area contributed by atoms with Gasteiger partial charge in [0.15, 0.2) is 5.82 Å². The van der Waals surface area contributed by atoms with Crippen molar-refractivity contribution in [2.75, 3.05) is 6.54 Å². The zero-order valence-corrected chi connectivity index (χ0v) is 14.7. The second-order valence-electron chi connectivity index (χ2n) is 4.99. The Morgan fingerprint density at radius 3 is 2.81 bits per heavy atom. The van der Waals surface area contributed by atoms with Gasteiger partial charge in [-0.1, -0.05) is 6.42 Å². The van der Waals surface area contributed by atoms with Gasteiger partial charge in [0.05, 0.1) is 9.83 Å². The van der Waals surface area contributed by atoms with Crippen LogP contribution in [0.1, 0.15) is 31.1 Å². The molecule has 0 amide bonds. The number of aromatic nitrogens is 3. The number of halogens is 1. The lowest BCUT2D eigenvalue weighted by molar-refractivity contribution is 0.243. The van der Waals surface area contributed by atoms with Gasteiger partial charge in [-0.15, -0.1) is 21.5 Å². The van der Waals surface area contributed by atoms with E-state index in [1.165, 1.54) is 11.3 Å². The standard InChI is InChI=1S/C12H15BrN4O2S2/c1-16-8-14-15-12(16)9-4-2-3-7-17(9)21(18,19)11-6-5-10(13)20-11/h5-6,8-9H,2-4,7H2,1H3. The number of thiophene rings is 1. The SMILES string of the molecule is Cn1cnnc1C1CCCCN1S(=O)(=O)c1ccc(Br)s1.